The first-order chi connectivity index (χ1) is 9.49. The van der Waals surface area contributed by atoms with Crippen molar-refractivity contribution in [3.8, 4) is 0 Å². The van der Waals surface area contributed by atoms with Crippen LogP contribution in [0.15, 0.2) is 29.2 Å². The van der Waals surface area contributed by atoms with Crippen LogP contribution in [0.4, 0.5) is 4.39 Å². The highest BCUT2D eigenvalue weighted by Crippen LogP contribution is 2.26. The molecule has 1 unspecified atom stereocenters. The molecule has 3 N–H and O–H groups in total. The Morgan fingerprint density at radius 2 is 2.30 bits per heavy atom. The molecule has 0 radical (unpaired) electrons. The van der Waals surface area contributed by atoms with Gasteiger partial charge in [-0.05, 0) is 56.6 Å². The number of carbonyl (C=O) groups excluding carboxylic acids is 1. The zero-order valence-electron chi connectivity index (χ0n) is 11.7. The maximum absolute atomic E-state index is 13.0. The van der Waals surface area contributed by atoms with Crippen LogP contribution in [0, 0.1) is 5.82 Å². The second-order valence-electron chi connectivity index (χ2n) is 5.52. The average molecular weight is 296 g/mol. The van der Waals surface area contributed by atoms with Gasteiger partial charge < -0.3 is 11.1 Å². The van der Waals surface area contributed by atoms with Crippen molar-refractivity contribution in [1.82, 2.24) is 5.32 Å². The van der Waals surface area contributed by atoms with E-state index in [9.17, 15) is 9.18 Å². The summed E-state index contributed by atoms with van der Waals surface area (Å²) < 4.78 is 13.0. The summed E-state index contributed by atoms with van der Waals surface area (Å²) in [7, 11) is 0. The summed E-state index contributed by atoms with van der Waals surface area (Å²) in [6.45, 7) is 1.88. The molecule has 1 saturated carbocycles. The Kier molecular flexibility index (Phi) is 5.05. The molecule has 1 fully saturated rings. The topological polar surface area (TPSA) is 55.1 Å². The second-order valence-corrected chi connectivity index (χ2v) is 6.69. The first kappa shape index (κ1) is 15.3. The van der Waals surface area contributed by atoms with Crippen LogP contribution in [-0.2, 0) is 4.79 Å². The van der Waals surface area contributed by atoms with Crippen LogP contribution in [0.1, 0.15) is 32.6 Å². The summed E-state index contributed by atoms with van der Waals surface area (Å²) in [5, 5.41) is 3.33. The van der Waals surface area contributed by atoms with Crippen molar-refractivity contribution in [3.05, 3.63) is 30.1 Å². The lowest BCUT2D eigenvalue weighted by Gasteiger charge is -2.27. The maximum atomic E-state index is 13.0. The molecule has 0 aromatic heterocycles. The fraction of sp³-hybridized carbons (Fsp3) is 0.533. The molecule has 0 heterocycles. The molecule has 1 aromatic rings. The molecule has 5 heteroatoms. The average Bonchev–Trinajstić information content (AvgIpc) is 3.18. The van der Waals surface area contributed by atoms with Crippen LogP contribution < -0.4 is 11.1 Å². The van der Waals surface area contributed by atoms with Crippen LogP contribution >= 0.6 is 11.8 Å². The number of nitrogens with one attached hydrogen (secondary N) is 1. The molecule has 1 amide bonds. The van der Waals surface area contributed by atoms with Gasteiger partial charge in [0.2, 0.25) is 5.91 Å². The summed E-state index contributed by atoms with van der Waals surface area (Å²) in [6.07, 6.45) is 3.82. The number of primary amides is 1. The van der Waals surface area contributed by atoms with E-state index in [1.165, 1.54) is 12.1 Å². The highest BCUT2D eigenvalue weighted by atomic mass is 32.2. The zero-order chi connectivity index (χ0) is 14.6. The molecule has 0 spiro atoms. The molecule has 1 atom stereocenters. The van der Waals surface area contributed by atoms with Crippen LogP contribution in [0.25, 0.3) is 0 Å². The quantitative estimate of drug-likeness (QED) is 0.573. The van der Waals surface area contributed by atoms with Crippen LogP contribution in [0.3, 0.4) is 0 Å². The third-order valence-corrected chi connectivity index (χ3v) is 4.61. The van der Waals surface area contributed by atoms with Crippen molar-refractivity contribution in [2.45, 2.75) is 49.1 Å². The molecule has 2 rings (SSSR count). The predicted molar refractivity (Wildman–Crippen MR) is 80.1 cm³/mol. The molecule has 20 heavy (non-hydrogen) atoms. The van der Waals surface area contributed by atoms with Crippen molar-refractivity contribution < 1.29 is 9.18 Å². The van der Waals surface area contributed by atoms with Gasteiger partial charge in [0.25, 0.3) is 0 Å². The minimum atomic E-state index is -0.621. The van der Waals surface area contributed by atoms with E-state index < -0.39 is 5.54 Å². The number of hydrogen-bond donors (Lipinski definition) is 2. The summed E-state index contributed by atoms with van der Waals surface area (Å²) in [5.74, 6) is 0.339. The molecular formula is C15H21FN2OS. The maximum Gasteiger partial charge on any atom is 0.237 e. The van der Waals surface area contributed by atoms with Gasteiger partial charge in [0.05, 0.1) is 5.54 Å². The van der Waals surface area contributed by atoms with Crippen molar-refractivity contribution in [1.29, 1.82) is 0 Å². The third-order valence-electron chi connectivity index (χ3n) is 3.53. The Morgan fingerprint density at radius 1 is 1.55 bits per heavy atom. The van der Waals surface area contributed by atoms with E-state index in [2.05, 4.69) is 5.32 Å². The Hall–Kier alpha value is -1.07. The lowest BCUT2D eigenvalue weighted by atomic mass is 9.95. The first-order valence-electron chi connectivity index (χ1n) is 6.95. The van der Waals surface area contributed by atoms with Crippen molar-refractivity contribution in [2.24, 2.45) is 5.73 Å². The molecule has 1 aliphatic carbocycles. The molecule has 3 nitrogen and oxygen atoms in total. The number of nitrogens with two attached hydrogens (primary N) is 1. The Bertz CT molecular complexity index is 479. The zero-order valence-corrected chi connectivity index (χ0v) is 12.5. The predicted octanol–water partition coefficient (Wildman–Crippen LogP) is 2.69. The van der Waals surface area contributed by atoms with Gasteiger partial charge in [-0.1, -0.05) is 6.07 Å². The molecule has 0 saturated heterocycles. The number of hydrogen-bond acceptors (Lipinski definition) is 3. The molecule has 0 aliphatic heterocycles. The smallest absolute Gasteiger partial charge is 0.237 e. The number of carbonyl (C=O) groups is 1. The van der Waals surface area contributed by atoms with E-state index in [0.717, 1.165) is 29.9 Å². The number of rotatable bonds is 8. The fourth-order valence-electron chi connectivity index (χ4n) is 2.12. The molecule has 0 bridgehead atoms. The summed E-state index contributed by atoms with van der Waals surface area (Å²) >= 11 is 1.60. The van der Waals surface area contributed by atoms with Gasteiger partial charge in [-0.2, -0.15) is 0 Å². The van der Waals surface area contributed by atoms with Gasteiger partial charge in [0, 0.05) is 10.9 Å². The van der Waals surface area contributed by atoms with E-state index in [4.69, 9.17) is 5.73 Å². The number of thioether (sulfide) groups is 1. The van der Waals surface area contributed by atoms with Crippen molar-refractivity contribution in [2.75, 3.05) is 5.75 Å². The van der Waals surface area contributed by atoms with E-state index >= 15 is 0 Å². The van der Waals surface area contributed by atoms with E-state index in [-0.39, 0.29) is 11.7 Å². The third kappa shape index (κ3) is 4.49. The van der Waals surface area contributed by atoms with E-state index in [1.54, 1.807) is 17.8 Å². The standard InChI is InChI=1S/C15H21FN2OS/c1-15(14(17)19,18-12-6-7-12)8-3-9-20-13-5-2-4-11(16)10-13/h2,4-5,10,12,18H,3,6-9H2,1H3,(H2,17,19). The summed E-state index contributed by atoms with van der Waals surface area (Å²) in [6, 6.07) is 7.01. The van der Waals surface area contributed by atoms with Gasteiger partial charge in [-0.15, -0.1) is 11.8 Å². The minimum absolute atomic E-state index is 0.215. The second kappa shape index (κ2) is 6.59. The Labute approximate surface area is 123 Å². The van der Waals surface area contributed by atoms with Crippen LogP contribution in [0.2, 0.25) is 0 Å². The van der Waals surface area contributed by atoms with E-state index in [0.29, 0.717) is 12.5 Å². The lowest BCUT2D eigenvalue weighted by molar-refractivity contribution is -0.124. The van der Waals surface area contributed by atoms with Crippen molar-refractivity contribution >= 4 is 17.7 Å². The number of halogens is 1. The van der Waals surface area contributed by atoms with Gasteiger partial charge >= 0.3 is 0 Å². The normalized spacial score (nSPS) is 17.7. The lowest BCUT2D eigenvalue weighted by Crippen LogP contribution is -2.54. The number of amides is 1. The summed E-state index contributed by atoms with van der Waals surface area (Å²) in [5.41, 5.74) is 4.88. The highest BCUT2D eigenvalue weighted by molar-refractivity contribution is 7.99. The molecule has 1 aliphatic rings. The highest BCUT2D eigenvalue weighted by Gasteiger charge is 2.36. The molecule has 1 aromatic carbocycles. The minimum Gasteiger partial charge on any atom is -0.368 e. The number of benzene rings is 1. The Morgan fingerprint density at radius 3 is 2.90 bits per heavy atom. The van der Waals surface area contributed by atoms with Gasteiger partial charge in [-0.25, -0.2) is 4.39 Å². The Balaban J connectivity index is 1.77. The fourth-order valence-corrected chi connectivity index (χ4v) is 3.01. The van der Waals surface area contributed by atoms with Crippen LogP contribution in [-0.4, -0.2) is 23.2 Å². The molecule has 110 valence electrons. The monoisotopic (exact) mass is 296 g/mol. The first-order valence-corrected chi connectivity index (χ1v) is 7.94. The van der Waals surface area contributed by atoms with Crippen molar-refractivity contribution in [3.63, 3.8) is 0 Å². The van der Waals surface area contributed by atoms with Crippen LogP contribution in [0.5, 0.6) is 0 Å². The largest absolute Gasteiger partial charge is 0.368 e. The summed E-state index contributed by atoms with van der Waals surface area (Å²) in [4.78, 5) is 12.5. The SMILES string of the molecule is CC(CCCSc1cccc(F)c1)(NC1CC1)C(N)=O. The van der Waals surface area contributed by atoms with Gasteiger partial charge in [0.15, 0.2) is 0 Å². The van der Waals surface area contributed by atoms with Gasteiger partial charge in [-0.3, -0.25) is 4.79 Å². The van der Waals surface area contributed by atoms with E-state index in [1.807, 2.05) is 13.0 Å². The molecular weight excluding hydrogens is 275 g/mol. The van der Waals surface area contributed by atoms with Gasteiger partial charge in [0.1, 0.15) is 5.82 Å².